The molecule has 3 aromatic rings. The highest BCUT2D eigenvalue weighted by Crippen LogP contribution is 2.39. The highest BCUT2D eigenvalue weighted by atomic mass is 32.2. The number of rotatable bonds is 9. The summed E-state index contributed by atoms with van der Waals surface area (Å²) in [6, 6.07) is 17.4. The molecule has 0 unspecified atom stereocenters. The largest absolute Gasteiger partial charge is 0.489 e. The summed E-state index contributed by atoms with van der Waals surface area (Å²) in [6.45, 7) is 3.43. The molecule has 4 rings (SSSR count). The van der Waals surface area contributed by atoms with E-state index in [4.69, 9.17) is 4.74 Å². The smallest absolute Gasteiger partial charge is 0.234 e. The Balaban J connectivity index is 1.26. The summed E-state index contributed by atoms with van der Waals surface area (Å²) >= 11 is 1.43. The van der Waals surface area contributed by atoms with E-state index in [1.807, 2.05) is 54.6 Å². The number of ether oxygens (including phenoxy) is 1. The Hall–Kier alpha value is -2.80. The van der Waals surface area contributed by atoms with Crippen molar-refractivity contribution >= 4 is 23.4 Å². The number of anilines is 1. The molecule has 2 aromatic carbocycles. The molecule has 1 aromatic heterocycles. The van der Waals surface area contributed by atoms with Crippen LogP contribution in [0.4, 0.5) is 5.69 Å². The molecule has 7 heteroatoms. The molecule has 0 aliphatic heterocycles. The highest BCUT2D eigenvalue weighted by Gasteiger charge is 2.30. The maximum Gasteiger partial charge on any atom is 0.234 e. The first-order valence-electron chi connectivity index (χ1n) is 9.85. The fourth-order valence-electron chi connectivity index (χ4n) is 3.05. The first kappa shape index (κ1) is 19.5. The van der Waals surface area contributed by atoms with E-state index >= 15 is 0 Å². The van der Waals surface area contributed by atoms with E-state index in [-0.39, 0.29) is 5.91 Å². The van der Waals surface area contributed by atoms with Crippen LogP contribution in [-0.2, 0) is 17.9 Å². The molecule has 29 heavy (non-hydrogen) atoms. The lowest BCUT2D eigenvalue weighted by molar-refractivity contribution is -0.113. The molecule has 6 nitrogen and oxygen atoms in total. The van der Waals surface area contributed by atoms with Crippen LogP contribution in [0.1, 0.15) is 37.1 Å². The summed E-state index contributed by atoms with van der Waals surface area (Å²) in [4.78, 5) is 12.3. The van der Waals surface area contributed by atoms with Gasteiger partial charge in [-0.15, -0.1) is 10.2 Å². The van der Waals surface area contributed by atoms with Gasteiger partial charge in [-0.25, -0.2) is 0 Å². The van der Waals surface area contributed by atoms with E-state index in [2.05, 4.69) is 27.0 Å². The predicted octanol–water partition coefficient (Wildman–Crippen LogP) is 4.49. The lowest BCUT2D eigenvalue weighted by Crippen LogP contribution is -2.14. The number of aromatic nitrogens is 3. The van der Waals surface area contributed by atoms with Gasteiger partial charge in [0.25, 0.3) is 0 Å². The summed E-state index contributed by atoms with van der Waals surface area (Å²) < 4.78 is 7.89. The standard InChI is InChI=1S/C22H24N4O2S/c1-2-26-21(17-8-9-17)24-25-22(26)29-15-20(27)23-18-10-12-19(13-11-18)28-14-16-6-4-3-5-7-16/h3-7,10-13,17H,2,8-9,14-15H2,1H3,(H,23,27). The summed E-state index contributed by atoms with van der Waals surface area (Å²) in [7, 11) is 0. The maximum atomic E-state index is 12.3. The molecule has 0 saturated heterocycles. The Kier molecular flexibility index (Phi) is 6.14. The number of benzene rings is 2. The number of nitrogens with zero attached hydrogens (tertiary/aromatic N) is 3. The first-order chi connectivity index (χ1) is 14.2. The molecule has 1 heterocycles. The zero-order valence-electron chi connectivity index (χ0n) is 16.4. The number of carbonyl (C=O) groups is 1. The number of carbonyl (C=O) groups excluding carboxylic acids is 1. The number of hydrogen-bond donors (Lipinski definition) is 1. The van der Waals surface area contributed by atoms with E-state index in [0.717, 1.165) is 34.5 Å². The number of amides is 1. The molecule has 1 aliphatic carbocycles. The molecular formula is C22H24N4O2S. The first-order valence-corrected chi connectivity index (χ1v) is 10.8. The van der Waals surface area contributed by atoms with Crippen LogP contribution in [0.25, 0.3) is 0 Å². The van der Waals surface area contributed by atoms with Crippen molar-refractivity contribution in [1.82, 2.24) is 14.8 Å². The van der Waals surface area contributed by atoms with Crippen LogP contribution in [0.2, 0.25) is 0 Å². The van der Waals surface area contributed by atoms with Crippen molar-refractivity contribution in [3.05, 3.63) is 66.0 Å². The van der Waals surface area contributed by atoms with Crippen molar-refractivity contribution in [3.63, 3.8) is 0 Å². The SMILES string of the molecule is CCn1c(SCC(=O)Nc2ccc(OCc3ccccc3)cc2)nnc1C1CC1. The van der Waals surface area contributed by atoms with Gasteiger partial charge in [-0.1, -0.05) is 42.1 Å². The van der Waals surface area contributed by atoms with Crippen LogP contribution in [-0.4, -0.2) is 26.4 Å². The highest BCUT2D eigenvalue weighted by molar-refractivity contribution is 7.99. The molecule has 150 valence electrons. The summed E-state index contributed by atoms with van der Waals surface area (Å²) in [6.07, 6.45) is 2.38. The van der Waals surface area contributed by atoms with Crippen LogP contribution >= 0.6 is 11.8 Å². The Morgan fingerprint density at radius 2 is 1.90 bits per heavy atom. The minimum absolute atomic E-state index is 0.0634. The molecule has 0 atom stereocenters. The second kappa shape index (κ2) is 9.13. The van der Waals surface area contributed by atoms with Gasteiger partial charge in [0.15, 0.2) is 5.16 Å². The Morgan fingerprint density at radius 1 is 1.14 bits per heavy atom. The number of nitrogens with one attached hydrogen (secondary N) is 1. The van der Waals surface area contributed by atoms with E-state index in [9.17, 15) is 4.79 Å². The average molecular weight is 409 g/mol. The van der Waals surface area contributed by atoms with Crippen molar-refractivity contribution in [2.24, 2.45) is 0 Å². The average Bonchev–Trinajstić information content (AvgIpc) is 3.52. The van der Waals surface area contributed by atoms with E-state index in [1.165, 1.54) is 24.6 Å². The second-order valence-electron chi connectivity index (χ2n) is 6.99. The fourth-order valence-corrected chi connectivity index (χ4v) is 3.86. The minimum atomic E-state index is -0.0634. The van der Waals surface area contributed by atoms with Crippen molar-refractivity contribution in [2.75, 3.05) is 11.1 Å². The lowest BCUT2D eigenvalue weighted by Gasteiger charge is -2.09. The minimum Gasteiger partial charge on any atom is -0.489 e. The van der Waals surface area contributed by atoms with Gasteiger partial charge in [-0.3, -0.25) is 4.79 Å². The lowest BCUT2D eigenvalue weighted by atomic mass is 10.2. The summed E-state index contributed by atoms with van der Waals surface area (Å²) in [5.74, 6) is 2.61. The normalized spacial score (nSPS) is 13.3. The van der Waals surface area contributed by atoms with Crippen LogP contribution in [0.5, 0.6) is 5.75 Å². The van der Waals surface area contributed by atoms with Gasteiger partial charge in [0, 0.05) is 18.2 Å². The Morgan fingerprint density at radius 3 is 2.59 bits per heavy atom. The summed E-state index contributed by atoms with van der Waals surface area (Å²) in [5, 5.41) is 12.3. The van der Waals surface area contributed by atoms with Gasteiger partial charge in [0.05, 0.1) is 5.75 Å². The third-order valence-electron chi connectivity index (χ3n) is 4.72. The zero-order chi connectivity index (χ0) is 20.1. The van der Waals surface area contributed by atoms with Crippen molar-refractivity contribution in [1.29, 1.82) is 0 Å². The molecule has 1 amide bonds. The number of hydrogen-bond acceptors (Lipinski definition) is 5. The monoisotopic (exact) mass is 408 g/mol. The van der Waals surface area contributed by atoms with Gasteiger partial charge >= 0.3 is 0 Å². The summed E-state index contributed by atoms with van der Waals surface area (Å²) in [5.41, 5.74) is 1.87. The quantitative estimate of drug-likeness (QED) is 0.529. The van der Waals surface area contributed by atoms with Crippen molar-refractivity contribution in [3.8, 4) is 5.75 Å². The van der Waals surface area contributed by atoms with Gasteiger partial charge in [0.1, 0.15) is 18.2 Å². The molecule has 1 saturated carbocycles. The van der Waals surface area contributed by atoms with Gasteiger partial charge in [-0.2, -0.15) is 0 Å². The Bertz CT molecular complexity index is 953. The fraction of sp³-hybridized carbons (Fsp3) is 0.318. The number of thioether (sulfide) groups is 1. The van der Waals surface area contributed by atoms with E-state index < -0.39 is 0 Å². The predicted molar refractivity (Wildman–Crippen MR) is 114 cm³/mol. The molecular weight excluding hydrogens is 384 g/mol. The third-order valence-corrected chi connectivity index (χ3v) is 5.69. The van der Waals surface area contributed by atoms with Crippen LogP contribution in [0, 0.1) is 0 Å². The second-order valence-corrected chi connectivity index (χ2v) is 7.94. The Labute approximate surface area is 174 Å². The van der Waals surface area contributed by atoms with E-state index in [0.29, 0.717) is 18.3 Å². The zero-order valence-corrected chi connectivity index (χ0v) is 17.2. The van der Waals surface area contributed by atoms with Crippen LogP contribution in [0.15, 0.2) is 59.8 Å². The van der Waals surface area contributed by atoms with Crippen LogP contribution in [0.3, 0.4) is 0 Å². The van der Waals surface area contributed by atoms with Gasteiger partial charge < -0.3 is 14.6 Å². The molecule has 1 fully saturated rings. The topological polar surface area (TPSA) is 69.0 Å². The van der Waals surface area contributed by atoms with Gasteiger partial charge in [-0.05, 0) is 49.6 Å². The molecule has 1 N–H and O–H groups in total. The van der Waals surface area contributed by atoms with Crippen LogP contribution < -0.4 is 10.1 Å². The molecule has 1 aliphatic rings. The third kappa shape index (κ3) is 5.17. The molecule has 0 radical (unpaired) electrons. The molecule has 0 spiro atoms. The van der Waals surface area contributed by atoms with Crippen molar-refractivity contribution in [2.45, 2.75) is 44.0 Å². The van der Waals surface area contributed by atoms with Crippen molar-refractivity contribution < 1.29 is 9.53 Å². The van der Waals surface area contributed by atoms with E-state index in [1.54, 1.807) is 0 Å². The van der Waals surface area contributed by atoms with Gasteiger partial charge in [0.2, 0.25) is 5.91 Å². The maximum absolute atomic E-state index is 12.3. The molecule has 0 bridgehead atoms.